The van der Waals surface area contributed by atoms with Gasteiger partial charge in [-0.05, 0) is 70.4 Å². The predicted molar refractivity (Wildman–Crippen MR) is 199 cm³/mol. The van der Waals surface area contributed by atoms with E-state index in [4.69, 9.17) is 9.47 Å². The Balaban J connectivity index is 1.36. The summed E-state index contributed by atoms with van der Waals surface area (Å²) < 4.78 is 11.9. The van der Waals surface area contributed by atoms with Crippen LogP contribution >= 0.6 is 0 Å². The van der Waals surface area contributed by atoms with Crippen LogP contribution in [0.5, 0.6) is 0 Å². The molecule has 8 heteroatoms. The summed E-state index contributed by atoms with van der Waals surface area (Å²) in [4.78, 5) is 39.5. The van der Waals surface area contributed by atoms with Gasteiger partial charge in [0.05, 0.1) is 11.7 Å². The minimum atomic E-state index is -1.96. The Morgan fingerprint density at radius 1 is 0.961 bits per heavy atom. The number of carbonyl (C=O) groups is 3. The van der Waals surface area contributed by atoms with Crippen LogP contribution in [0, 0.1) is 29.1 Å². The monoisotopic (exact) mass is 708 g/mol. The van der Waals surface area contributed by atoms with Crippen molar-refractivity contribution in [2.45, 2.75) is 155 Å². The van der Waals surface area contributed by atoms with Crippen molar-refractivity contribution in [3.63, 3.8) is 0 Å². The highest BCUT2D eigenvalue weighted by molar-refractivity contribution is 6.04. The molecule has 0 heterocycles. The van der Waals surface area contributed by atoms with Gasteiger partial charge in [-0.25, -0.2) is 4.79 Å². The summed E-state index contributed by atoms with van der Waals surface area (Å²) >= 11 is 0. The molecule has 4 rings (SSSR count). The zero-order chi connectivity index (χ0) is 37.6. The second kappa shape index (κ2) is 16.9. The van der Waals surface area contributed by atoms with Gasteiger partial charge in [0, 0.05) is 47.5 Å². The Morgan fingerprint density at radius 3 is 2.24 bits per heavy atom. The third kappa shape index (κ3) is 7.94. The molecular weight excluding hydrogens is 644 g/mol. The molecule has 0 amide bonds. The highest BCUT2D eigenvalue weighted by Gasteiger charge is 2.86. The molecule has 8 nitrogen and oxygen atoms in total. The fourth-order valence-corrected chi connectivity index (χ4v) is 9.34. The highest BCUT2D eigenvalue weighted by Crippen LogP contribution is 2.76. The molecule has 0 aromatic rings. The summed E-state index contributed by atoms with van der Waals surface area (Å²) in [6.45, 7) is 12.6. The first-order valence-corrected chi connectivity index (χ1v) is 19.5. The number of carbonyl (C=O) groups excluding carboxylic acids is 3. The Morgan fingerprint density at radius 2 is 1.59 bits per heavy atom. The predicted octanol–water partition coefficient (Wildman–Crippen LogP) is 7.81. The van der Waals surface area contributed by atoms with E-state index in [1.54, 1.807) is 39.8 Å². The first-order chi connectivity index (χ1) is 24.1. The van der Waals surface area contributed by atoms with Crippen LogP contribution in [0.1, 0.15) is 132 Å². The average molecular weight is 709 g/mol. The number of rotatable bonds is 18. The smallest absolute Gasteiger partial charge is 0.334 e. The fourth-order valence-electron chi connectivity index (χ4n) is 9.34. The number of aliphatic hydroxyl groups is 3. The number of ketones is 1. The van der Waals surface area contributed by atoms with E-state index in [1.165, 1.54) is 25.7 Å². The molecule has 3 unspecified atom stereocenters. The Labute approximate surface area is 306 Å². The van der Waals surface area contributed by atoms with Crippen LogP contribution in [0.25, 0.3) is 0 Å². The Kier molecular flexibility index (Phi) is 13.6. The van der Waals surface area contributed by atoms with Crippen molar-refractivity contribution in [2.75, 3.05) is 6.61 Å². The van der Waals surface area contributed by atoms with Gasteiger partial charge < -0.3 is 24.8 Å². The molecule has 8 atom stereocenters. The van der Waals surface area contributed by atoms with Crippen molar-refractivity contribution in [1.29, 1.82) is 0 Å². The number of allylic oxidation sites excluding steroid dienone is 5. The van der Waals surface area contributed by atoms with E-state index in [2.05, 4.69) is 31.2 Å². The number of unbranched alkanes of at least 4 members (excludes halogenated alkanes) is 8. The molecule has 2 fully saturated rings. The number of hydrogen-bond donors (Lipinski definition) is 3. The number of hydrogen-bond acceptors (Lipinski definition) is 8. The first kappa shape index (κ1) is 41.0. The van der Waals surface area contributed by atoms with Gasteiger partial charge in [-0.3, -0.25) is 9.59 Å². The second-order valence-corrected chi connectivity index (χ2v) is 16.2. The van der Waals surface area contributed by atoms with E-state index in [0.717, 1.165) is 44.9 Å². The number of fused-ring (bicyclic) bond motifs is 5. The van der Waals surface area contributed by atoms with Crippen molar-refractivity contribution in [3.8, 4) is 0 Å². The molecule has 0 spiro atoms. The summed E-state index contributed by atoms with van der Waals surface area (Å²) in [6.07, 6.45) is 25.0. The number of Topliss-reactive ketones (excluding diaryl/α,β-unsaturated/α-hetero) is 1. The molecule has 0 bridgehead atoms. The number of aliphatic hydroxyl groups excluding tert-OH is 1. The van der Waals surface area contributed by atoms with Gasteiger partial charge >= 0.3 is 11.9 Å². The van der Waals surface area contributed by atoms with Crippen LogP contribution in [0.15, 0.2) is 59.3 Å². The van der Waals surface area contributed by atoms with Crippen LogP contribution in [0.3, 0.4) is 0 Å². The normalized spacial score (nSPS) is 34.0. The maximum Gasteiger partial charge on any atom is 0.334 e. The largest absolute Gasteiger partial charge is 0.461 e. The van der Waals surface area contributed by atoms with E-state index in [-0.39, 0.29) is 25.4 Å². The summed E-state index contributed by atoms with van der Waals surface area (Å²) in [5, 5.41) is 36.6. The summed E-state index contributed by atoms with van der Waals surface area (Å²) in [5.74, 6) is -4.45. The molecule has 284 valence electrons. The van der Waals surface area contributed by atoms with Crippen LogP contribution < -0.4 is 0 Å². The van der Waals surface area contributed by atoms with Crippen molar-refractivity contribution in [1.82, 2.24) is 0 Å². The van der Waals surface area contributed by atoms with Crippen molar-refractivity contribution >= 4 is 17.7 Å². The number of ether oxygens (including phenoxy) is 2. The fraction of sp³-hybridized carbons (Fsp3) is 0.698. The molecule has 0 aromatic heterocycles. The lowest BCUT2D eigenvalue weighted by molar-refractivity contribution is -0.218. The molecular formula is C43H64O8. The second-order valence-electron chi connectivity index (χ2n) is 16.2. The van der Waals surface area contributed by atoms with Crippen LogP contribution in [-0.2, 0) is 23.9 Å². The maximum absolute atomic E-state index is 13.5. The van der Waals surface area contributed by atoms with Gasteiger partial charge in [-0.1, -0.05) is 102 Å². The molecule has 0 aliphatic heterocycles. The minimum absolute atomic E-state index is 0.111. The third-order valence-electron chi connectivity index (χ3n) is 12.6. The SMILES string of the molecule is C/C=C(\C)C(=O)O[C@]12C(C3C=C(COC(=O)CCCCCCC/C=C/C/C=C/CCCCC)C[C@]4(O)C(=O)C(C)=CC4[C@@]3(O)[C@H](C)[C@H]1O)C2(C)C. The minimum Gasteiger partial charge on any atom is -0.461 e. The molecule has 4 aliphatic rings. The lowest BCUT2D eigenvalue weighted by Gasteiger charge is -2.52. The van der Waals surface area contributed by atoms with Crippen molar-refractivity contribution in [3.05, 3.63) is 59.3 Å². The number of esters is 2. The third-order valence-corrected chi connectivity index (χ3v) is 12.6. The van der Waals surface area contributed by atoms with Crippen LogP contribution in [0.2, 0.25) is 0 Å². The lowest BCUT2D eigenvalue weighted by Crippen LogP contribution is -2.65. The van der Waals surface area contributed by atoms with Crippen LogP contribution in [0.4, 0.5) is 0 Å². The zero-order valence-corrected chi connectivity index (χ0v) is 32.2. The highest BCUT2D eigenvalue weighted by atomic mass is 16.6. The molecule has 0 saturated heterocycles. The van der Waals surface area contributed by atoms with Gasteiger partial charge in [-0.2, -0.15) is 0 Å². The van der Waals surface area contributed by atoms with E-state index in [1.807, 2.05) is 19.9 Å². The van der Waals surface area contributed by atoms with Gasteiger partial charge in [0.2, 0.25) is 0 Å². The maximum atomic E-state index is 13.5. The first-order valence-electron chi connectivity index (χ1n) is 19.5. The molecule has 3 N–H and O–H groups in total. The molecule has 51 heavy (non-hydrogen) atoms. The summed E-state index contributed by atoms with van der Waals surface area (Å²) in [5.41, 5.74) is -4.43. The summed E-state index contributed by atoms with van der Waals surface area (Å²) in [6, 6.07) is 0. The van der Waals surface area contributed by atoms with Crippen molar-refractivity contribution in [2.24, 2.45) is 29.1 Å². The average Bonchev–Trinajstić information content (AvgIpc) is 3.53. The molecule has 0 aromatic carbocycles. The standard InChI is InChI=1S/C43H64O8/c1-8-10-11-12-13-14-15-16-17-18-19-20-21-22-23-24-35(44)50-28-32-26-33-36-40(6,7)43(36,51-39(47)29(3)9-2)38(46)31(5)42(33,49)34-25-30(4)37(45)41(34,48)27-32/h9,13-14,16-17,25-26,31,33-34,36,38,46,48-49H,8,10-12,15,18-24,27-28H2,1-7H3/b14-13+,17-16+,29-9+/t31-,33?,34?,36?,38-,41-,42-,43-/m1/s1. The van der Waals surface area contributed by atoms with E-state index >= 15 is 0 Å². The van der Waals surface area contributed by atoms with Crippen molar-refractivity contribution < 1.29 is 39.2 Å². The topological polar surface area (TPSA) is 130 Å². The molecule has 2 saturated carbocycles. The quantitative estimate of drug-likeness (QED) is 0.0569. The molecule has 4 aliphatic carbocycles. The zero-order valence-electron chi connectivity index (χ0n) is 32.2. The van der Waals surface area contributed by atoms with Crippen LogP contribution in [-0.4, -0.2) is 62.6 Å². The van der Waals surface area contributed by atoms with Gasteiger partial charge in [-0.15, -0.1) is 0 Å². The molecule has 0 radical (unpaired) electrons. The Bertz CT molecular complexity index is 1430. The Hall–Kier alpha value is -2.81. The van der Waals surface area contributed by atoms with Gasteiger partial charge in [0.25, 0.3) is 0 Å². The summed E-state index contributed by atoms with van der Waals surface area (Å²) in [7, 11) is 0. The van der Waals surface area contributed by atoms with E-state index in [0.29, 0.717) is 16.7 Å². The van der Waals surface area contributed by atoms with E-state index < -0.39 is 63.7 Å². The van der Waals surface area contributed by atoms with E-state index in [9.17, 15) is 29.7 Å². The van der Waals surface area contributed by atoms with Gasteiger partial charge in [0.1, 0.15) is 17.8 Å². The lowest BCUT2D eigenvalue weighted by atomic mass is 9.59. The van der Waals surface area contributed by atoms with Gasteiger partial charge in [0.15, 0.2) is 5.78 Å².